The van der Waals surface area contributed by atoms with Crippen LogP contribution >= 0.6 is 0 Å². The molecule has 9 heteroatoms. The predicted molar refractivity (Wildman–Crippen MR) is 93.1 cm³/mol. The van der Waals surface area contributed by atoms with Crippen LogP contribution in [0.4, 0.5) is 13.2 Å². The van der Waals surface area contributed by atoms with E-state index in [2.05, 4.69) is 15.5 Å². The summed E-state index contributed by atoms with van der Waals surface area (Å²) in [5.41, 5.74) is 1.74. The SMILES string of the molecule is Cc1cc(C)n(CCC(=O)NCCCn2nc(C(F)(F)F)cc2C2CC2)n1. The molecule has 1 amide bonds. The number of amides is 1. The van der Waals surface area contributed by atoms with Gasteiger partial charge in [-0.3, -0.25) is 14.2 Å². The van der Waals surface area contributed by atoms with E-state index in [1.165, 1.54) is 4.68 Å². The zero-order valence-corrected chi connectivity index (χ0v) is 15.5. The Morgan fingerprint density at radius 1 is 1.19 bits per heavy atom. The molecule has 148 valence electrons. The average molecular weight is 383 g/mol. The fourth-order valence-corrected chi connectivity index (χ4v) is 3.11. The van der Waals surface area contributed by atoms with Gasteiger partial charge in [-0.2, -0.15) is 23.4 Å². The van der Waals surface area contributed by atoms with Crippen LogP contribution in [-0.4, -0.2) is 32.0 Å². The van der Waals surface area contributed by atoms with Crippen LogP contribution in [0.25, 0.3) is 0 Å². The highest BCUT2D eigenvalue weighted by atomic mass is 19.4. The summed E-state index contributed by atoms with van der Waals surface area (Å²) in [7, 11) is 0. The standard InChI is InChI=1S/C18H24F3N5O/c1-12-10-13(2)25(23-12)9-6-17(27)22-7-3-8-26-15(14-4-5-14)11-16(24-26)18(19,20)21/h10-11,14H,3-9H2,1-2H3,(H,22,27). The Hall–Kier alpha value is -2.32. The molecule has 1 saturated carbocycles. The lowest BCUT2D eigenvalue weighted by Gasteiger charge is -2.09. The van der Waals surface area contributed by atoms with Gasteiger partial charge in [0.25, 0.3) is 0 Å². The molecule has 2 aromatic rings. The lowest BCUT2D eigenvalue weighted by Crippen LogP contribution is -2.26. The number of nitrogens with zero attached hydrogens (tertiary/aromatic N) is 4. The molecule has 6 nitrogen and oxygen atoms in total. The van der Waals surface area contributed by atoms with Crippen molar-refractivity contribution in [3.8, 4) is 0 Å². The monoisotopic (exact) mass is 383 g/mol. The van der Waals surface area contributed by atoms with Gasteiger partial charge < -0.3 is 5.32 Å². The molecule has 2 aromatic heterocycles. The van der Waals surface area contributed by atoms with Crippen LogP contribution < -0.4 is 5.32 Å². The van der Waals surface area contributed by atoms with Gasteiger partial charge in [0.2, 0.25) is 5.91 Å². The predicted octanol–water partition coefficient (Wildman–Crippen LogP) is 3.19. The van der Waals surface area contributed by atoms with E-state index < -0.39 is 11.9 Å². The fourth-order valence-electron chi connectivity index (χ4n) is 3.11. The first kappa shape index (κ1) is 19.4. The van der Waals surface area contributed by atoms with E-state index >= 15 is 0 Å². The Kier molecular flexibility index (Phi) is 5.57. The Morgan fingerprint density at radius 2 is 1.93 bits per heavy atom. The highest BCUT2D eigenvalue weighted by Crippen LogP contribution is 2.42. The third-order valence-corrected chi connectivity index (χ3v) is 4.62. The van der Waals surface area contributed by atoms with Gasteiger partial charge in [0.05, 0.1) is 5.69 Å². The summed E-state index contributed by atoms with van der Waals surface area (Å²) in [6, 6.07) is 3.11. The van der Waals surface area contributed by atoms with Gasteiger partial charge in [0, 0.05) is 43.4 Å². The number of alkyl halides is 3. The van der Waals surface area contributed by atoms with Gasteiger partial charge in [-0.05, 0) is 45.2 Å². The van der Waals surface area contributed by atoms with E-state index in [4.69, 9.17) is 0 Å². The van der Waals surface area contributed by atoms with Crippen LogP contribution in [0.1, 0.15) is 54.4 Å². The van der Waals surface area contributed by atoms with E-state index in [9.17, 15) is 18.0 Å². The second-order valence-corrected chi connectivity index (χ2v) is 7.05. The normalized spacial score (nSPS) is 14.6. The molecule has 2 heterocycles. The molecule has 27 heavy (non-hydrogen) atoms. The van der Waals surface area contributed by atoms with Gasteiger partial charge in [-0.25, -0.2) is 0 Å². The summed E-state index contributed by atoms with van der Waals surface area (Å²) >= 11 is 0. The van der Waals surface area contributed by atoms with Crippen LogP contribution in [0, 0.1) is 13.8 Å². The first-order valence-electron chi connectivity index (χ1n) is 9.16. The summed E-state index contributed by atoms with van der Waals surface area (Å²) in [5.74, 6) is 0.0883. The van der Waals surface area contributed by atoms with E-state index in [0.29, 0.717) is 38.2 Å². The number of halogens is 3. The Morgan fingerprint density at radius 3 is 2.52 bits per heavy atom. The number of carbonyl (C=O) groups is 1. The van der Waals surface area contributed by atoms with E-state index in [1.54, 1.807) is 4.68 Å². The van der Waals surface area contributed by atoms with Crippen molar-refractivity contribution >= 4 is 5.91 Å². The number of rotatable bonds is 8. The van der Waals surface area contributed by atoms with Crippen molar-refractivity contribution in [1.82, 2.24) is 24.9 Å². The van der Waals surface area contributed by atoms with Gasteiger partial charge >= 0.3 is 6.18 Å². The molecule has 1 N–H and O–H groups in total. The molecular weight excluding hydrogens is 359 g/mol. The van der Waals surface area contributed by atoms with Crippen molar-refractivity contribution in [1.29, 1.82) is 0 Å². The molecule has 3 rings (SSSR count). The molecule has 0 aromatic carbocycles. The third kappa shape index (κ3) is 5.11. The zero-order valence-electron chi connectivity index (χ0n) is 15.5. The molecule has 0 spiro atoms. The first-order valence-corrected chi connectivity index (χ1v) is 9.16. The maximum absolute atomic E-state index is 12.9. The van der Waals surface area contributed by atoms with Gasteiger partial charge in [-0.15, -0.1) is 0 Å². The minimum atomic E-state index is -4.42. The topological polar surface area (TPSA) is 64.7 Å². The van der Waals surface area contributed by atoms with Crippen molar-refractivity contribution in [3.63, 3.8) is 0 Å². The average Bonchev–Trinajstić information content (AvgIpc) is 3.24. The second kappa shape index (κ2) is 7.74. The summed E-state index contributed by atoms with van der Waals surface area (Å²) in [4.78, 5) is 11.9. The minimum absolute atomic E-state index is 0.0959. The zero-order chi connectivity index (χ0) is 19.6. The largest absolute Gasteiger partial charge is 0.435 e. The highest BCUT2D eigenvalue weighted by Gasteiger charge is 2.37. The van der Waals surface area contributed by atoms with E-state index in [0.717, 1.165) is 30.3 Å². The number of hydrogen-bond acceptors (Lipinski definition) is 3. The lowest BCUT2D eigenvalue weighted by molar-refractivity contribution is -0.141. The molecule has 1 aliphatic rings. The number of aromatic nitrogens is 4. The lowest BCUT2D eigenvalue weighted by atomic mass is 10.2. The molecule has 0 aliphatic heterocycles. The smallest absolute Gasteiger partial charge is 0.356 e. The molecule has 0 radical (unpaired) electrons. The quantitative estimate of drug-likeness (QED) is 0.712. The molecule has 1 fully saturated rings. The van der Waals surface area contributed by atoms with Gasteiger partial charge in [0.15, 0.2) is 5.69 Å². The minimum Gasteiger partial charge on any atom is -0.356 e. The second-order valence-electron chi connectivity index (χ2n) is 7.05. The molecule has 1 aliphatic carbocycles. The number of aryl methyl sites for hydroxylation is 4. The van der Waals surface area contributed by atoms with E-state index in [1.807, 2.05) is 19.9 Å². The van der Waals surface area contributed by atoms with Crippen LogP contribution in [0.5, 0.6) is 0 Å². The Labute approximate surface area is 155 Å². The first-order chi connectivity index (χ1) is 12.7. The van der Waals surface area contributed by atoms with Crippen molar-refractivity contribution in [2.24, 2.45) is 0 Å². The van der Waals surface area contributed by atoms with Gasteiger partial charge in [0.1, 0.15) is 0 Å². The summed E-state index contributed by atoms with van der Waals surface area (Å²) in [6.07, 6.45) is -1.76. The fraction of sp³-hybridized carbons (Fsp3) is 0.611. The number of nitrogens with one attached hydrogen (secondary N) is 1. The summed E-state index contributed by atoms with van der Waals surface area (Å²) < 4.78 is 41.9. The maximum Gasteiger partial charge on any atom is 0.435 e. The van der Waals surface area contributed by atoms with Crippen LogP contribution in [0.15, 0.2) is 12.1 Å². The Balaban J connectivity index is 1.44. The Bertz CT molecular complexity index is 805. The van der Waals surface area contributed by atoms with Crippen LogP contribution in [0.2, 0.25) is 0 Å². The highest BCUT2D eigenvalue weighted by molar-refractivity contribution is 5.75. The summed E-state index contributed by atoms with van der Waals surface area (Å²) in [6.45, 7) is 5.11. The van der Waals surface area contributed by atoms with Crippen LogP contribution in [0.3, 0.4) is 0 Å². The van der Waals surface area contributed by atoms with Gasteiger partial charge in [-0.1, -0.05) is 0 Å². The van der Waals surface area contributed by atoms with Crippen LogP contribution in [-0.2, 0) is 24.1 Å². The summed E-state index contributed by atoms with van der Waals surface area (Å²) in [5, 5.41) is 10.8. The molecule has 0 saturated heterocycles. The number of hydrogen-bond donors (Lipinski definition) is 1. The molecule has 0 bridgehead atoms. The van der Waals surface area contributed by atoms with Crippen molar-refractivity contribution in [2.45, 2.75) is 64.7 Å². The molecule has 0 atom stereocenters. The van der Waals surface area contributed by atoms with Crippen molar-refractivity contribution in [3.05, 3.63) is 34.9 Å². The third-order valence-electron chi connectivity index (χ3n) is 4.62. The number of carbonyl (C=O) groups excluding carboxylic acids is 1. The maximum atomic E-state index is 12.9. The molecule has 0 unspecified atom stereocenters. The molecular formula is C18H24F3N5O. The van der Waals surface area contributed by atoms with Crippen molar-refractivity contribution < 1.29 is 18.0 Å². The van der Waals surface area contributed by atoms with Crippen molar-refractivity contribution in [2.75, 3.05) is 6.54 Å². The van der Waals surface area contributed by atoms with E-state index in [-0.39, 0.29) is 11.8 Å².